The summed E-state index contributed by atoms with van der Waals surface area (Å²) in [5.41, 5.74) is 6.80. The lowest BCUT2D eigenvalue weighted by Gasteiger charge is -2.34. The van der Waals surface area contributed by atoms with Crippen molar-refractivity contribution >= 4 is 0 Å². The van der Waals surface area contributed by atoms with Crippen LogP contribution in [0.4, 0.5) is 0 Å². The summed E-state index contributed by atoms with van der Waals surface area (Å²) in [5, 5.41) is 0. The predicted octanol–water partition coefficient (Wildman–Crippen LogP) is 0.780. The van der Waals surface area contributed by atoms with Gasteiger partial charge >= 0.3 is 0 Å². The Hall–Kier alpha value is -0.940. The van der Waals surface area contributed by atoms with Gasteiger partial charge in [-0.05, 0) is 5.56 Å². The lowest BCUT2D eigenvalue weighted by Crippen LogP contribution is -2.46. The van der Waals surface area contributed by atoms with Crippen LogP contribution in [0.2, 0.25) is 0 Å². The SMILES string of the molecule is NCCOCCN1CCN(Cc2ccccc2)CC1. The smallest absolute Gasteiger partial charge is 0.0594 e. The van der Waals surface area contributed by atoms with Gasteiger partial charge in [0.1, 0.15) is 0 Å². The molecule has 1 saturated heterocycles. The van der Waals surface area contributed by atoms with Crippen LogP contribution in [0.1, 0.15) is 5.56 Å². The Kier molecular flexibility index (Phi) is 6.30. The molecule has 4 heteroatoms. The van der Waals surface area contributed by atoms with Gasteiger partial charge in [0.2, 0.25) is 0 Å². The topological polar surface area (TPSA) is 41.7 Å². The Balaban J connectivity index is 1.62. The van der Waals surface area contributed by atoms with Crippen LogP contribution in [0.25, 0.3) is 0 Å². The van der Waals surface area contributed by atoms with Crippen molar-refractivity contribution in [2.75, 3.05) is 52.5 Å². The zero-order chi connectivity index (χ0) is 13.3. The maximum absolute atomic E-state index is 5.43. The molecule has 0 spiro atoms. The van der Waals surface area contributed by atoms with E-state index in [1.54, 1.807) is 0 Å². The molecule has 0 atom stereocenters. The standard InChI is InChI=1S/C15H25N3O/c16-6-12-19-13-11-17-7-9-18(10-8-17)14-15-4-2-1-3-5-15/h1-5H,6-14,16H2. The number of hydrogen-bond donors (Lipinski definition) is 1. The van der Waals surface area contributed by atoms with Gasteiger partial charge in [0.25, 0.3) is 0 Å². The van der Waals surface area contributed by atoms with E-state index in [0.717, 1.165) is 45.9 Å². The van der Waals surface area contributed by atoms with Crippen LogP contribution in [-0.4, -0.2) is 62.3 Å². The normalized spacial score (nSPS) is 17.7. The van der Waals surface area contributed by atoms with Crippen LogP contribution >= 0.6 is 0 Å². The summed E-state index contributed by atoms with van der Waals surface area (Å²) in [7, 11) is 0. The molecule has 106 valence electrons. The molecular formula is C15H25N3O. The third-order valence-electron chi connectivity index (χ3n) is 3.53. The van der Waals surface area contributed by atoms with Gasteiger partial charge in [-0.15, -0.1) is 0 Å². The lowest BCUT2D eigenvalue weighted by atomic mass is 10.2. The van der Waals surface area contributed by atoms with E-state index in [4.69, 9.17) is 10.5 Å². The molecule has 0 aliphatic carbocycles. The molecule has 0 unspecified atom stereocenters. The van der Waals surface area contributed by atoms with Gasteiger partial charge < -0.3 is 10.5 Å². The van der Waals surface area contributed by atoms with E-state index in [-0.39, 0.29) is 0 Å². The molecule has 1 aliphatic heterocycles. The maximum atomic E-state index is 5.43. The van der Waals surface area contributed by atoms with Crippen molar-refractivity contribution in [2.45, 2.75) is 6.54 Å². The molecule has 1 aliphatic rings. The van der Waals surface area contributed by atoms with E-state index in [9.17, 15) is 0 Å². The molecule has 4 nitrogen and oxygen atoms in total. The number of hydrogen-bond acceptors (Lipinski definition) is 4. The summed E-state index contributed by atoms with van der Waals surface area (Å²) in [5.74, 6) is 0. The summed E-state index contributed by atoms with van der Waals surface area (Å²) < 4.78 is 5.43. The molecule has 1 heterocycles. The first-order valence-corrected chi connectivity index (χ1v) is 7.15. The lowest BCUT2D eigenvalue weighted by molar-refractivity contribution is 0.0765. The quantitative estimate of drug-likeness (QED) is 0.738. The number of benzene rings is 1. The van der Waals surface area contributed by atoms with Crippen molar-refractivity contribution in [1.82, 2.24) is 9.80 Å². The molecule has 2 rings (SSSR count). The Morgan fingerprint density at radius 1 is 0.947 bits per heavy atom. The van der Waals surface area contributed by atoms with Crippen molar-refractivity contribution in [3.05, 3.63) is 35.9 Å². The molecule has 1 fully saturated rings. The summed E-state index contributed by atoms with van der Waals surface area (Å²) in [4.78, 5) is 4.99. The molecule has 1 aromatic carbocycles. The number of nitrogens with two attached hydrogens (primary N) is 1. The maximum Gasteiger partial charge on any atom is 0.0594 e. The van der Waals surface area contributed by atoms with Crippen LogP contribution in [0.5, 0.6) is 0 Å². The van der Waals surface area contributed by atoms with Crippen molar-refractivity contribution in [3.63, 3.8) is 0 Å². The third-order valence-corrected chi connectivity index (χ3v) is 3.53. The monoisotopic (exact) mass is 263 g/mol. The molecule has 2 N–H and O–H groups in total. The average molecular weight is 263 g/mol. The van der Waals surface area contributed by atoms with Gasteiger partial charge in [-0.1, -0.05) is 30.3 Å². The molecular weight excluding hydrogens is 238 g/mol. The van der Waals surface area contributed by atoms with Crippen molar-refractivity contribution < 1.29 is 4.74 Å². The van der Waals surface area contributed by atoms with E-state index in [2.05, 4.69) is 40.1 Å². The molecule has 0 bridgehead atoms. The Labute approximate surface area is 116 Å². The van der Waals surface area contributed by atoms with E-state index in [1.807, 2.05) is 0 Å². The van der Waals surface area contributed by atoms with Crippen molar-refractivity contribution in [3.8, 4) is 0 Å². The Morgan fingerprint density at radius 3 is 2.32 bits per heavy atom. The zero-order valence-electron chi connectivity index (χ0n) is 11.6. The number of rotatable bonds is 7. The fourth-order valence-electron chi connectivity index (χ4n) is 2.39. The average Bonchev–Trinajstić information content (AvgIpc) is 2.46. The third kappa shape index (κ3) is 5.28. The van der Waals surface area contributed by atoms with Gasteiger partial charge in [0.15, 0.2) is 0 Å². The second-order valence-corrected chi connectivity index (χ2v) is 5.00. The Bertz CT molecular complexity index is 337. The molecule has 0 saturated carbocycles. The highest BCUT2D eigenvalue weighted by Gasteiger charge is 2.16. The summed E-state index contributed by atoms with van der Waals surface area (Å²) in [6, 6.07) is 10.7. The fraction of sp³-hybridized carbons (Fsp3) is 0.600. The van der Waals surface area contributed by atoms with Crippen LogP contribution < -0.4 is 5.73 Å². The van der Waals surface area contributed by atoms with E-state index >= 15 is 0 Å². The van der Waals surface area contributed by atoms with Crippen LogP contribution in [0.3, 0.4) is 0 Å². The van der Waals surface area contributed by atoms with Gasteiger partial charge in [-0.25, -0.2) is 0 Å². The summed E-state index contributed by atoms with van der Waals surface area (Å²) in [6.45, 7) is 8.75. The number of nitrogens with zero attached hydrogens (tertiary/aromatic N) is 2. The highest BCUT2D eigenvalue weighted by molar-refractivity contribution is 5.14. The first-order chi connectivity index (χ1) is 9.38. The van der Waals surface area contributed by atoms with Crippen molar-refractivity contribution in [1.29, 1.82) is 0 Å². The second kappa shape index (κ2) is 8.27. The first-order valence-electron chi connectivity index (χ1n) is 7.15. The summed E-state index contributed by atoms with van der Waals surface area (Å²) >= 11 is 0. The van der Waals surface area contributed by atoms with Crippen LogP contribution in [0.15, 0.2) is 30.3 Å². The zero-order valence-corrected chi connectivity index (χ0v) is 11.6. The van der Waals surface area contributed by atoms with Crippen LogP contribution in [-0.2, 0) is 11.3 Å². The summed E-state index contributed by atoms with van der Waals surface area (Å²) in [6.07, 6.45) is 0. The van der Waals surface area contributed by atoms with Gasteiger partial charge in [-0.2, -0.15) is 0 Å². The molecule has 0 amide bonds. The largest absolute Gasteiger partial charge is 0.379 e. The minimum atomic E-state index is 0.616. The van der Waals surface area contributed by atoms with E-state index < -0.39 is 0 Å². The molecule has 19 heavy (non-hydrogen) atoms. The fourth-order valence-corrected chi connectivity index (χ4v) is 2.39. The van der Waals surface area contributed by atoms with Crippen LogP contribution in [0, 0.1) is 0 Å². The predicted molar refractivity (Wildman–Crippen MR) is 78.0 cm³/mol. The Morgan fingerprint density at radius 2 is 1.63 bits per heavy atom. The minimum absolute atomic E-state index is 0.616. The van der Waals surface area contributed by atoms with Crippen molar-refractivity contribution in [2.24, 2.45) is 5.73 Å². The van der Waals surface area contributed by atoms with Gasteiger partial charge in [0.05, 0.1) is 13.2 Å². The number of piperazine rings is 1. The molecule has 1 aromatic rings. The van der Waals surface area contributed by atoms with E-state index in [1.165, 1.54) is 5.56 Å². The van der Waals surface area contributed by atoms with Gasteiger partial charge in [-0.3, -0.25) is 9.80 Å². The second-order valence-electron chi connectivity index (χ2n) is 5.00. The molecule has 0 radical (unpaired) electrons. The number of ether oxygens (including phenoxy) is 1. The van der Waals surface area contributed by atoms with Gasteiger partial charge in [0, 0.05) is 45.8 Å². The first kappa shape index (κ1) is 14.5. The highest BCUT2D eigenvalue weighted by atomic mass is 16.5. The molecule has 0 aromatic heterocycles. The minimum Gasteiger partial charge on any atom is -0.379 e. The highest BCUT2D eigenvalue weighted by Crippen LogP contribution is 2.08. The van der Waals surface area contributed by atoms with E-state index in [0.29, 0.717) is 13.2 Å².